The number of hydrogen-bond donors (Lipinski definition) is 0. The lowest BCUT2D eigenvalue weighted by Crippen LogP contribution is -2.00. The third kappa shape index (κ3) is 3.61. The van der Waals surface area contributed by atoms with Gasteiger partial charge in [-0.15, -0.1) is 0 Å². The minimum atomic E-state index is -0.412. The first-order chi connectivity index (χ1) is 11.8. The van der Waals surface area contributed by atoms with Crippen LogP contribution in [0.5, 0.6) is 0 Å². The molecule has 3 rings (SSSR count). The molecule has 0 N–H and O–H groups in total. The summed E-state index contributed by atoms with van der Waals surface area (Å²) in [4.78, 5) is 11.2. The van der Waals surface area contributed by atoms with Crippen LogP contribution in [0.1, 0.15) is 5.56 Å². The average Bonchev–Trinajstić information content (AvgIpc) is 2.67. The summed E-state index contributed by atoms with van der Waals surface area (Å²) in [6, 6.07) is 26.7. The van der Waals surface area contributed by atoms with Crippen LogP contribution in [0.3, 0.4) is 0 Å². The van der Waals surface area contributed by atoms with Crippen LogP contribution in [0, 0.1) is 0 Å². The molecular weight excluding hydrogens is 296 g/mol. The van der Waals surface area contributed by atoms with E-state index in [0.717, 1.165) is 16.7 Å². The molecular formula is C22H18O2. The van der Waals surface area contributed by atoms with E-state index in [1.54, 1.807) is 0 Å². The van der Waals surface area contributed by atoms with E-state index in [1.807, 2.05) is 42.5 Å². The normalized spacial score (nSPS) is 10.2. The van der Waals surface area contributed by atoms with E-state index in [-0.39, 0.29) is 6.61 Å². The molecule has 0 bridgehead atoms. The number of hydrogen-bond acceptors (Lipinski definition) is 2. The topological polar surface area (TPSA) is 26.3 Å². The van der Waals surface area contributed by atoms with E-state index in [0.29, 0.717) is 0 Å². The van der Waals surface area contributed by atoms with Gasteiger partial charge in [-0.25, -0.2) is 4.79 Å². The smallest absolute Gasteiger partial charge is 0.330 e. The Morgan fingerprint density at radius 2 is 1.46 bits per heavy atom. The predicted octanol–water partition coefficient (Wildman–Crippen LogP) is 5.25. The molecule has 2 heteroatoms. The van der Waals surface area contributed by atoms with Crippen molar-refractivity contribution in [2.45, 2.75) is 6.61 Å². The van der Waals surface area contributed by atoms with Gasteiger partial charge >= 0.3 is 5.97 Å². The molecule has 3 aromatic carbocycles. The molecule has 0 aliphatic rings. The van der Waals surface area contributed by atoms with E-state index in [2.05, 4.69) is 43.0 Å². The SMILES string of the molecule is C=CC(=O)OCc1cccc(-c2ccccc2-c2ccccc2)c1. The van der Waals surface area contributed by atoms with Gasteiger partial charge in [0.15, 0.2) is 0 Å². The summed E-state index contributed by atoms with van der Waals surface area (Å²) in [6.07, 6.45) is 1.18. The van der Waals surface area contributed by atoms with Gasteiger partial charge in [0.05, 0.1) is 0 Å². The van der Waals surface area contributed by atoms with Crippen LogP contribution in [-0.4, -0.2) is 5.97 Å². The van der Waals surface area contributed by atoms with Crippen LogP contribution in [0.25, 0.3) is 22.3 Å². The van der Waals surface area contributed by atoms with E-state index >= 15 is 0 Å². The largest absolute Gasteiger partial charge is 0.458 e. The third-order valence-electron chi connectivity index (χ3n) is 3.80. The molecule has 118 valence electrons. The van der Waals surface area contributed by atoms with Gasteiger partial charge in [-0.1, -0.05) is 79.4 Å². The highest BCUT2D eigenvalue weighted by Gasteiger charge is 2.07. The Labute approximate surface area is 142 Å². The Morgan fingerprint density at radius 1 is 0.833 bits per heavy atom. The monoisotopic (exact) mass is 314 g/mol. The molecule has 0 radical (unpaired) electrons. The predicted molar refractivity (Wildman–Crippen MR) is 97.3 cm³/mol. The van der Waals surface area contributed by atoms with Crippen molar-refractivity contribution in [2.24, 2.45) is 0 Å². The van der Waals surface area contributed by atoms with Gasteiger partial charge in [0.2, 0.25) is 0 Å². The maximum absolute atomic E-state index is 11.2. The lowest BCUT2D eigenvalue weighted by atomic mass is 9.94. The van der Waals surface area contributed by atoms with E-state index < -0.39 is 5.97 Å². The Kier molecular flexibility index (Phi) is 4.87. The summed E-state index contributed by atoms with van der Waals surface area (Å²) in [5.74, 6) is -0.412. The number of ether oxygens (including phenoxy) is 1. The van der Waals surface area contributed by atoms with Crippen molar-refractivity contribution in [3.8, 4) is 22.3 Å². The maximum Gasteiger partial charge on any atom is 0.330 e. The molecule has 0 saturated heterocycles. The highest BCUT2D eigenvalue weighted by atomic mass is 16.5. The summed E-state index contributed by atoms with van der Waals surface area (Å²) in [6.45, 7) is 3.65. The number of carbonyl (C=O) groups is 1. The van der Waals surface area contributed by atoms with Crippen LogP contribution in [0.4, 0.5) is 0 Å². The van der Waals surface area contributed by atoms with Crippen molar-refractivity contribution in [1.82, 2.24) is 0 Å². The molecule has 0 aromatic heterocycles. The molecule has 0 unspecified atom stereocenters. The Bertz CT molecular complexity index is 851. The molecule has 0 amide bonds. The Balaban J connectivity index is 1.95. The first-order valence-corrected chi connectivity index (χ1v) is 7.81. The van der Waals surface area contributed by atoms with Crippen molar-refractivity contribution in [3.63, 3.8) is 0 Å². The molecule has 0 aliphatic heterocycles. The molecule has 0 fully saturated rings. The van der Waals surface area contributed by atoms with Crippen LogP contribution in [-0.2, 0) is 16.1 Å². The molecule has 2 nitrogen and oxygen atoms in total. The zero-order valence-electron chi connectivity index (χ0n) is 13.3. The zero-order valence-corrected chi connectivity index (χ0v) is 13.3. The van der Waals surface area contributed by atoms with Gasteiger partial charge in [-0.3, -0.25) is 0 Å². The molecule has 0 saturated carbocycles. The molecule has 3 aromatic rings. The second-order valence-electron chi connectivity index (χ2n) is 5.42. The fraction of sp³-hybridized carbons (Fsp3) is 0.0455. The number of rotatable bonds is 5. The number of esters is 1. The fourth-order valence-corrected chi connectivity index (χ4v) is 2.65. The summed E-state index contributed by atoms with van der Waals surface area (Å²) in [7, 11) is 0. The lowest BCUT2D eigenvalue weighted by Gasteiger charge is -2.11. The van der Waals surface area contributed by atoms with Gasteiger partial charge in [0.1, 0.15) is 6.61 Å². The first-order valence-electron chi connectivity index (χ1n) is 7.81. The molecule has 0 atom stereocenters. The van der Waals surface area contributed by atoms with Crippen molar-refractivity contribution in [2.75, 3.05) is 0 Å². The summed E-state index contributed by atoms with van der Waals surface area (Å²) in [5, 5.41) is 0. The standard InChI is InChI=1S/C22H18O2/c1-2-22(23)24-16-17-9-8-12-19(15-17)21-14-7-6-13-20(21)18-10-4-3-5-11-18/h2-15H,1,16H2. The minimum absolute atomic E-state index is 0.242. The van der Waals surface area contributed by atoms with Gasteiger partial charge in [0, 0.05) is 6.08 Å². The van der Waals surface area contributed by atoms with Crippen molar-refractivity contribution < 1.29 is 9.53 Å². The Morgan fingerprint density at radius 3 is 2.17 bits per heavy atom. The fourth-order valence-electron chi connectivity index (χ4n) is 2.65. The van der Waals surface area contributed by atoms with Crippen LogP contribution < -0.4 is 0 Å². The first kappa shape index (κ1) is 15.8. The number of benzene rings is 3. The van der Waals surface area contributed by atoms with E-state index in [4.69, 9.17) is 4.74 Å². The van der Waals surface area contributed by atoms with Crippen molar-refractivity contribution >= 4 is 5.97 Å². The summed E-state index contributed by atoms with van der Waals surface area (Å²) >= 11 is 0. The van der Waals surface area contributed by atoms with Gasteiger partial charge < -0.3 is 4.74 Å². The summed E-state index contributed by atoms with van der Waals surface area (Å²) in [5.41, 5.74) is 5.56. The van der Waals surface area contributed by atoms with Gasteiger partial charge in [-0.2, -0.15) is 0 Å². The number of carbonyl (C=O) groups excluding carboxylic acids is 1. The molecule has 0 aliphatic carbocycles. The van der Waals surface area contributed by atoms with Crippen molar-refractivity contribution in [3.05, 3.63) is 97.1 Å². The molecule has 0 spiro atoms. The second-order valence-corrected chi connectivity index (χ2v) is 5.42. The minimum Gasteiger partial charge on any atom is -0.458 e. The molecule has 0 heterocycles. The Hall–Kier alpha value is -3.13. The van der Waals surface area contributed by atoms with Crippen LogP contribution in [0.2, 0.25) is 0 Å². The van der Waals surface area contributed by atoms with E-state index in [9.17, 15) is 4.79 Å². The highest BCUT2D eigenvalue weighted by molar-refractivity contribution is 5.83. The van der Waals surface area contributed by atoms with Gasteiger partial charge in [-0.05, 0) is 33.9 Å². The maximum atomic E-state index is 11.2. The quantitative estimate of drug-likeness (QED) is 0.475. The highest BCUT2D eigenvalue weighted by Crippen LogP contribution is 2.32. The summed E-state index contributed by atoms with van der Waals surface area (Å²) < 4.78 is 5.13. The zero-order chi connectivity index (χ0) is 16.8. The van der Waals surface area contributed by atoms with Crippen molar-refractivity contribution in [1.29, 1.82) is 0 Å². The molecule has 24 heavy (non-hydrogen) atoms. The third-order valence-corrected chi connectivity index (χ3v) is 3.80. The lowest BCUT2D eigenvalue weighted by molar-refractivity contribution is -0.138. The van der Waals surface area contributed by atoms with Gasteiger partial charge in [0.25, 0.3) is 0 Å². The van der Waals surface area contributed by atoms with E-state index in [1.165, 1.54) is 17.2 Å². The van der Waals surface area contributed by atoms with Crippen LogP contribution >= 0.6 is 0 Å². The van der Waals surface area contributed by atoms with Crippen LogP contribution in [0.15, 0.2) is 91.5 Å². The second kappa shape index (κ2) is 7.42. The average molecular weight is 314 g/mol.